The Morgan fingerprint density at radius 2 is 1.87 bits per heavy atom. The number of aliphatic carboxylic acids is 1. The van der Waals surface area contributed by atoms with Gasteiger partial charge in [0, 0.05) is 12.6 Å². The van der Waals surface area contributed by atoms with Crippen LogP contribution in [0.3, 0.4) is 0 Å². The Morgan fingerprint density at radius 3 is 2.13 bits per heavy atom. The molecule has 0 saturated heterocycles. The van der Waals surface area contributed by atoms with Crippen LogP contribution in [0.5, 0.6) is 0 Å². The fraction of sp³-hybridized carbons (Fsp3) is 0.800. The summed E-state index contributed by atoms with van der Waals surface area (Å²) in [5, 5.41) is 8.56. The van der Waals surface area contributed by atoms with Gasteiger partial charge in [0.25, 0.3) is 0 Å². The molecule has 0 radical (unpaired) electrons. The molecule has 0 fully saturated rings. The van der Waals surface area contributed by atoms with E-state index >= 15 is 0 Å². The first-order valence-electron chi connectivity index (χ1n) is 4.98. The second kappa shape index (κ2) is 5.11. The van der Waals surface area contributed by atoms with E-state index in [0.29, 0.717) is 0 Å². The van der Waals surface area contributed by atoms with Crippen LogP contribution < -0.4 is 5.73 Å². The average Bonchev–Trinajstić information content (AvgIpc) is 2.01. The molecule has 0 atom stereocenters. The topological polar surface area (TPSA) is 83.6 Å². The third-order valence-electron chi connectivity index (χ3n) is 2.00. The summed E-state index contributed by atoms with van der Waals surface area (Å²) in [6.07, 6.45) is -0.0556. The highest BCUT2D eigenvalue weighted by Crippen LogP contribution is 2.09. The van der Waals surface area contributed by atoms with Crippen molar-refractivity contribution in [3.05, 3.63) is 0 Å². The lowest BCUT2D eigenvalue weighted by Crippen LogP contribution is -2.53. The molecule has 5 nitrogen and oxygen atoms in total. The van der Waals surface area contributed by atoms with Crippen molar-refractivity contribution < 1.29 is 14.7 Å². The molecule has 1 amide bonds. The molecule has 0 unspecified atom stereocenters. The molecule has 15 heavy (non-hydrogen) atoms. The number of nitrogens with zero attached hydrogens (tertiary/aromatic N) is 1. The van der Waals surface area contributed by atoms with E-state index in [-0.39, 0.29) is 24.9 Å². The molecule has 0 aliphatic rings. The minimum Gasteiger partial charge on any atom is -0.481 e. The van der Waals surface area contributed by atoms with Gasteiger partial charge in [0.1, 0.15) is 0 Å². The number of nitrogens with two attached hydrogens (primary N) is 1. The Morgan fingerprint density at radius 1 is 1.40 bits per heavy atom. The molecule has 0 spiro atoms. The number of carboxylic acids is 1. The maximum atomic E-state index is 11.8. The van der Waals surface area contributed by atoms with Crippen LogP contribution in [0.1, 0.15) is 34.1 Å². The molecule has 88 valence electrons. The minimum atomic E-state index is -0.956. The Hall–Kier alpha value is -1.10. The highest BCUT2D eigenvalue weighted by molar-refractivity contribution is 5.85. The predicted molar refractivity (Wildman–Crippen MR) is 57.4 cm³/mol. The molecule has 0 aliphatic heterocycles. The van der Waals surface area contributed by atoms with E-state index in [4.69, 9.17) is 10.8 Å². The van der Waals surface area contributed by atoms with Gasteiger partial charge in [-0.15, -0.1) is 0 Å². The van der Waals surface area contributed by atoms with Crippen molar-refractivity contribution in [1.82, 2.24) is 4.90 Å². The SMILES string of the molecule is CC(C)N(CCC(=O)O)C(=O)C(C)(C)N. The Labute approximate surface area is 90.2 Å². The molecule has 0 bridgehead atoms. The minimum absolute atomic E-state index is 0.0420. The highest BCUT2D eigenvalue weighted by atomic mass is 16.4. The number of amides is 1. The smallest absolute Gasteiger partial charge is 0.305 e. The van der Waals surface area contributed by atoms with Crippen LogP contribution in [0.15, 0.2) is 0 Å². The summed E-state index contributed by atoms with van der Waals surface area (Å²) in [7, 11) is 0. The van der Waals surface area contributed by atoms with Crippen molar-refractivity contribution in [2.24, 2.45) is 5.73 Å². The second-order valence-electron chi connectivity index (χ2n) is 4.46. The van der Waals surface area contributed by atoms with E-state index in [0.717, 1.165) is 0 Å². The fourth-order valence-corrected chi connectivity index (χ4v) is 1.18. The number of carbonyl (C=O) groups excluding carboxylic acids is 1. The van der Waals surface area contributed by atoms with Crippen LogP contribution in [0, 0.1) is 0 Å². The van der Waals surface area contributed by atoms with E-state index < -0.39 is 11.5 Å². The van der Waals surface area contributed by atoms with E-state index in [1.54, 1.807) is 13.8 Å². The third kappa shape index (κ3) is 4.78. The van der Waals surface area contributed by atoms with Gasteiger partial charge >= 0.3 is 5.97 Å². The molecule has 0 aromatic carbocycles. The summed E-state index contributed by atoms with van der Waals surface area (Å²) in [5.74, 6) is -1.14. The molecular weight excluding hydrogens is 196 g/mol. The lowest BCUT2D eigenvalue weighted by Gasteiger charge is -2.32. The summed E-state index contributed by atoms with van der Waals surface area (Å²) >= 11 is 0. The number of hydrogen-bond donors (Lipinski definition) is 2. The first-order valence-corrected chi connectivity index (χ1v) is 4.98. The first-order chi connectivity index (χ1) is 6.66. The van der Waals surface area contributed by atoms with Gasteiger partial charge in [-0.2, -0.15) is 0 Å². The van der Waals surface area contributed by atoms with Gasteiger partial charge in [0.15, 0.2) is 0 Å². The number of carbonyl (C=O) groups is 2. The second-order valence-corrected chi connectivity index (χ2v) is 4.46. The van der Waals surface area contributed by atoms with E-state index in [1.165, 1.54) is 4.90 Å². The van der Waals surface area contributed by atoms with Gasteiger partial charge in [0.2, 0.25) is 5.91 Å². The van der Waals surface area contributed by atoms with Crippen molar-refractivity contribution in [3.63, 3.8) is 0 Å². The number of carboxylic acid groups (broad SMARTS) is 1. The zero-order valence-electron chi connectivity index (χ0n) is 9.78. The van der Waals surface area contributed by atoms with Gasteiger partial charge in [-0.25, -0.2) is 0 Å². The van der Waals surface area contributed by atoms with Crippen molar-refractivity contribution in [2.45, 2.75) is 45.7 Å². The maximum absolute atomic E-state index is 11.8. The lowest BCUT2D eigenvalue weighted by atomic mass is 10.0. The van der Waals surface area contributed by atoms with Crippen LogP contribution in [-0.2, 0) is 9.59 Å². The standard InChI is InChI=1S/C10H20N2O3/c1-7(2)12(6-5-8(13)14)9(15)10(3,4)11/h7H,5-6,11H2,1-4H3,(H,13,14). The largest absolute Gasteiger partial charge is 0.481 e. The number of rotatable bonds is 5. The van der Waals surface area contributed by atoms with Crippen molar-refractivity contribution >= 4 is 11.9 Å². The van der Waals surface area contributed by atoms with Crippen LogP contribution >= 0.6 is 0 Å². The highest BCUT2D eigenvalue weighted by Gasteiger charge is 2.29. The quantitative estimate of drug-likeness (QED) is 0.698. The van der Waals surface area contributed by atoms with Gasteiger partial charge in [-0.1, -0.05) is 0 Å². The summed E-state index contributed by atoms with van der Waals surface area (Å²) in [6, 6.07) is -0.0420. The van der Waals surface area contributed by atoms with E-state index in [1.807, 2.05) is 13.8 Å². The molecule has 0 rings (SSSR count). The molecule has 3 N–H and O–H groups in total. The van der Waals surface area contributed by atoms with Crippen LogP contribution in [0.4, 0.5) is 0 Å². The molecule has 0 aliphatic carbocycles. The molecule has 0 heterocycles. The predicted octanol–water partition coefficient (Wildman–Crippen LogP) is 0.435. The van der Waals surface area contributed by atoms with Gasteiger partial charge in [0.05, 0.1) is 12.0 Å². The molecule has 0 aromatic rings. The van der Waals surface area contributed by atoms with E-state index in [2.05, 4.69) is 0 Å². The van der Waals surface area contributed by atoms with E-state index in [9.17, 15) is 9.59 Å². The molecule has 0 aromatic heterocycles. The number of hydrogen-bond acceptors (Lipinski definition) is 3. The van der Waals surface area contributed by atoms with Gasteiger partial charge < -0.3 is 15.7 Å². The summed E-state index contributed by atoms with van der Waals surface area (Å²) in [4.78, 5) is 23.8. The summed E-state index contributed by atoms with van der Waals surface area (Å²) in [6.45, 7) is 7.11. The first kappa shape index (κ1) is 13.9. The van der Waals surface area contributed by atoms with Crippen LogP contribution in [-0.4, -0.2) is 40.0 Å². The lowest BCUT2D eigenvalue weighted by molar-refractivity contribution is -0.141. The molecular formula is C10H20N2O3. The van der Waals surface area contributed by atoms with Gasteiger partial charge in [-0.3, -0.25) is 9.59 Å². The molecule has 0 saturated carbocycles. The van der Waals surface area contributed by atoms with Crippen LogP contribution in [0.25, 0.3) is 0 Å². The van der Waals surface area contributed by atoms with Crippen LogP contribution in [0.2, 0.25) is 0 Å². The Kier molecular flexibility index (Phi) is 4.74. The maximum Gasteiger partial charge on any atom is 0.305 e. The van der Waals surface area contributed by atoms with Crippen molar-refractivity contribution in [3.8, 4) is 0 Å². The summed E-state index contributed by atoms with van der Waals surface area (Å²) < 4.78 is 0. The zero-order chi connectivity index (χ0) is 12.2. The Balaban J connectivity index is 4.54. The van der Waals surface area contributed by atoms with Crippen molar-refractivity contribution in [2.75, 3.05) is 6.54 Å². The van der Waals surface area contributed by atoms with Gasteiger partial charge in [-0.05, 0) is 27.7 Å². The fourth-order valence-electron chi connectivity index (χ4n) is 1.18. The summed E-state index contributed by atoms with van der Waals surface area (Å²) in [5.41, 5.74) is 4.73. The monoisotopic (exact) mass is 216 g/mol. The molecule has 5 heteroatoms. The normalized spacial score (nSPS) is 11.6. The Bertz CT molecular complexity index is 244. The third-order valence-corrected chi connectivity index (χ3v) is 2.00. The van der Waals surface area contributed by atoms with Crippen molar-refractivity contribution in [1.29, 1.82) is 0 Å². The zero-order valence-corrected chi connectivity index (χ0v) is 9.78. The average molecular weight is 216 g/mol.